The molecule has 0 saturated carbocycles. The first-order valence-corrected chi connectivity index (χ1v) is 7.26. The summed E-state index contributed by atoms with van der Waals surface area (Å²) in [5.41, 5.74) is 5.37. The number of amides is 2. The number of aliphatic carboxylic acids is 1. The third-order valence-electron chi connectivity index (χ3n) is 3.06. The van der Waals surface area contributed by atoms with Gasteiger partial charge in [-0.2, -0.15) is 0 Å². The Morgan fingerprint density at radius 3 is 2.22 bits per heavy atom. The second-order valence-corrected chi connectivity index (χ2v) is 5.33. The van der Waals surface area contributed by atoms with Gasteiger partial charge in [-0.25, -0.2) is 4.79 Å². The van der Waals surface area contributed by atoms with Crippen LogP contribution in [0, 0.1) is 0 Å². The van der Waals surface area contributed by atoms with E-state index in [1.165, 1.54) is 0 Å². The van der Waals surface area contributed by atoms with E-state index >= 15 is 0 Å². The molecule has 1 unspecified atom stereocenters. The van der Waals surface area contributed by atoms with Crippen molar-refractivity contribution in [3.63, 3.8) is 0 Å². The van der Waals surface area contributed by atoms with Gasteiger partial charge in [-0.05, 0) is 30.7 Å². The van der Waals surface area contributed by atoms with Gasteiger partial charge in [0, 0.05) is 29.8 Å². The van der Waals surface area contributed by atoms with Crippen LogP contribution in [0.15, 0.2) is 24.3 Å². The van der Waals surface area contributed by atoms with E-state index in [0.717, 1.165) is 0 Å². The Morgan fingerprint density at radius 1 is 1.09 bits per heavy atom. The van der Waals surface area contributed by atoms with Crippen LogP contribution in [0.3, 0.4) is 0 Å². The van der Waals surface area contributed by atoms with Crippen LogP contribution in [0.5, 0.6) is 0 Å². The molecular formula is C15H17ClN2O5. The molecule has 8 heteroatoms. The number of carboxylic acids is 1. The zero-order chi connectivity index (χ0) is 17.4. The van der Waals surface area contributed by atoms with Gasteiger partial charge in [-0.15, -0.1) is 0 Å². The lowest BCUT2D eigenvalue weighted by atomic mass is 10.1. The molecule has 1 aromatic carbocycles. The quantitative estimate of drug-likeness (QED) is 0.581. The van der Waals surface area contributed by atoms with Crippen molar-refractivity contribution in [1.29, 1.82) is 0 Å². The summed E-state index contributed by atoms with van der Waals surface area (Å²) in [6.45, 7) is 0. The molecule has 0 spiro atoms. The number of nitrogens with one attached hydrogen (secondary N) is 1. The Hall–Kier alpha value is -2.41. The van der Waals surface area contributed by atoms with Crippen LogP contribution in [-0.2, 0) is 14.4 Å². The third-order valence-corrected chi connectivity index (χ3v) is 3.31. The highest BCUT2D eigenvalue weighted by Gasteiger charge is 2.20. The molecule has 0 bridgehead atoms. The largest absolute Gasteiger partial charge is 0.480 e. The second-order valence-electron chi connectivity index (χ2n) is 4.89. The summed E-state index contributed by atoms with van der Waals surface area (Å²) in [4.78, 5) is 45.3. The fraction of sp³-hybridized carbons (Fsp3) is 0.333. The van der Waals surface area contributed by atoms with Gasteiger partial charge in [0.15, 0.2) is 5.78 Å². The van der Waals surface area contributed by atoms with E-state index in [0.29, 0.717) is 10.6 Å². The van der Waals surface area contributed by atoms with Gasteiger partial charge in [0.25, 0.3) is 0 Å². The standard InChI is InChI=1S/C15H17ClN2O5/c16-10-3-1-9(2-4-10)12(19)6-8-14(21)18-11(15(22)23)5-7-13(17)20/h1-4,11H,5-8H2,(H2,17,20)(H,18,21)(H,22,23). The zero-order valence-corrected chi connectivity index (χ0v) is 13.0. The topological polar surface area (TPSA) is 127 Å². The smallest absolute Gasteiger partial charge is 0.326 e. The normalized spacial score (nSPS) is 11.5. The number of ketones is 1. The molecule has 0 fully saturated rings. The van der Waals surface area contributed by atoms with Gasteiger partial charge in [0.2, 0.25) is 11.8 Å². The molecule has 0 aliphatic carbocycles. The second kappa shape index (κ2) is 8.89. The number of carbonyl (C=O) groups excluding carboxylic acids is 3. The van der Waals surface area contributed by atoms with Gasteiger partial charge in [0.05, 0.1) is 0 Å². The number of nitrogens with two attached hydrogens (primary N) is 1. The minimum atomic E-state index is -1.26. The molecule has 124 valence electrons. The highest BCUT2D eigenvalue weighted by Crippen LogP contribution is 2.12. The van der Waals surface area contributed by atoms with Gasteiger partial charge in [0.1, 0.15) is 6.04 Å². The van der Waals surface area contributed by atoms with Crippen molar-refractivity contribution in [1.82, 2.24) is 5.32 Å². The lowest BCUT2D eigenvalue weighted by molar-refractivity contribution is -0.142. The third kappa shape index (κ3) is 6.92. The maximum atomic E-state index is 11.9. The van der Waals surface area contributed by atoms with Crippen LogP contribution < -0.4 is 11.1 Å². The van der Waals surface area contributed by atoms with E-state index in [-0.39, 0.29) is 31.5 Å². The zero-order valence-electron chi connectivity index (χ0n) is 12.3. The molecule has 0 aliphatic rings. The molecule has 1 aromatic rings. The molecule has 0 aromatic heterocycles. The van der Waals surface area contributed by atoms with Crippen molar-refractivity contribution in [2.75, 3.05) is 0 Å². The van der Waals surface area contributed by atoms with Crippen molar-refractivity contribution in [3.8, 4) is 0 Å². The van der Waals surface area contributed by atoms with E-state index in [1.54, 1.807) is 24.3 Å². The molecule has 23 heavy (non-hydrogen) atoms. The van der Waals surface area contributed by atoms with E-state index in [1.807, 2.05) is 0 Å². The first kappa shape index (κ1) is 18.6. The number of hydrogen-bond acceptors (Lipinski definition) is 4. The lowest BCUT2D eigenvalue weighted by Crippen LogP contribution is -2.41. The number of rotatable bonds is 9. The fourth-order valence-electron chi connectivity index (χ4n) is 1.82. The molecule has 1 atom stereocenters. The lowest BCUT2D eigenvalue weighted by Gasteiger charge is -2.13. The Labute approximate surface area is 137 Å². The first-order chi connectivity index (χ1) is 10.8. The molecule has 4 N–H and O–H groups in total. The van der Waals surface area contributed by atoms with Crippen LogP contribution >= 0.6 is 11.6 Å². The molecule has 7 nitrogen and oxygen atoms in total. The number of carboxylic acid groups (broad SMARTS) is 1. The predicted molar refractivity (Wildman–Crippen MR) is 83.0 cm³/mol. The molecule has 1 rings (SSSR count). The summed E-state index contributed by atoms with van der Waals surface area (Å²) in [7, 11) is 0. The molecule has 0 heterocycles. The van der Waals surface area contributed by atoms with Crippen LogP contribution in [-0.4, -0.2) is 34.7 Å². The molecular weight excluding hydrogens is 324 g/mol. The average molecular weight is 341 g/mol. The number of hydrogen-bond donors (Lipinski definition) is 3. The molecule has 0 radical (unpaired) electrons. The predicted octanol–water partition coefficient (Wildman–Crippen LogP) is 1.14. The number of benzene rings is 1. The van der Waals surface area contributed by atoms with Crippen molar-refractivity contribution < 1.29 is 24.3 Å². The average Bonchev–Trinajstić information content (AvgIpc) is 2.49. The number of primary amides is 1. The van der Waals surface area contributed by atoms with Crippen LogP contribution in [0.1, 0.15) is 36.0 Å². The molecule has 0 saturated heterocycles. The maximum Gasteiger partial charge on any atom is 0.326 e. The minimum absolute atomic E-state index is 0.0599. The van der Waals surface area contributed by atoms with E-state index in [2.05, 4.69) is 5.32 Å². The van der Waals surface area contributed by atoms with Gasteiger partial charge >= 0.3 is 5.97 Å². The summed E-state index contributed by atoms with van der Waals surface area (Å²) in [6, 6.07) is 5.03. The SMILES string of the molecule is NC(=O)CCC(NC(=O)CCC(=O)c1ccc(Cl)cc1)C(=O)O. The van der Waals surface area contributed by atoms with Gasteiger partial charge in [-0.1, -0.05) is 11.6 Å². The number of halogens is 1. The van der Waals surface area contributed by atoms with Crippen LogP contribution in [0.2, 0.25) is 5.02 Å². The highest BCUT2D eigenvalue weighted by atomic mass is 35.5. The summed E-state index contributed by atoms with van der Waals surface area (Å²) in [6.07, 6.45) is -0.458. The Balaban J connectivity index is 2.48. The Bertz CT molecular complexity index is 600. The van der Waals surface area contributed by atoms with Gasteiger partial charge in [-0.3, -0.25) is 14.4 Å². The number of carbonyl (C=O) groups is 4. The summed E-state index contributed by atoms with van der Waals surface area (Å²) in [5, 5.41) is 11.7. The van der Waals surface area contributed by atoms with Crippen LogP contribution in [0.4, 0.5) is 0 Å². The maximum absolute atomic E-state index is 11.9. The van der Waals surface area contributed by atoms with Crippen molar-refractivity contribution in [2.24, 2.45) is 5.73 Å². The fourth-order valence-corrected chi connectivity index (χ4v) is 1.94. The van der Waals surface area contributed by atoms with Gasteiger partial charge < -0.3 is 16.2 Å². The molecule has 2 amide bonds. The minimum Gasteiger partial charge on any atom is -0.480 e. The van der Waals surface area contributed by atoms with Crippen molar-refractivity contribution in [3.05, 3.63) is 34.9 Å². The van der Waals surface area contributed by atoms with Crippen LogP contribution in [0.25, 0.3) is 0 Å². The van der Waals surface area contributed by atoms with Crippen molar-refractivity contribution in [2.45, 2.75) is 31.7 Å². The monoisotopic (exact) mass is 340 g/mol. The summed E-state index contributed by atoms with van der Waals surface area (Å²) in [5.74, 6) is -2.74. The summed E-state index contributed by atoms with van der Waals surface area (Å²) < 4.78 is 0. The first-order valence-electron chi connectivity index (χ1n) is 6.89. The Morgan fingerprint density at radius 2 is 1.70 bits per heavy atom. The molecule has 0 aliphatic heterocycles. The van der Waals surface area contributed by atoms with E-state index < -0.39 is 23.8 Å². The number of Topliss-reactive ketones (excluding diaryl/α,β-unsaturated/α-hetero) is 1. The Kier molecular flexibility index (Phi) is 7.21. The van der Waals surface area contributed by atoms with E-state index in [9.17, 15) is 19.2 Å². The summed E-state index contributed by atoms with van der Waals surface area (Å²) >= 11 is 5.72. The highest BCUT2D eigenvalue weighted by molar-refractivity contribution is 6.30. The van der Waals surface area contributed by atoms with Crippen molar-refractivity contribution >= 4 is 35.2 Å². The van der Waals surface area contributed by atoms with E-state index in [4.69, 9.17) is 22.4 Å².